The molecule has 1 aliphatic heterocycles. The molecule has 1 saturated heterocycles. The largest absolute Gasteiger partial charge is 0.462 e. The Morgan fingerprint density at radius 3 is 2.21 bits per heavy atom. The summed E-state index contributed by atoms with van der Waals surface area (Å²) in [5, 5.41) is 0. The lowest BCUT2D eigenvalue weighted by molar-refractivity contribution is 0.0523. The van der Waals surface area contributed by atoms with Crippen molar-refractivity contribution >= 4 is 21.9 Å². The minimum absolute atomic E-state index is 0.209. The van der Waals surface area contributed by atoms with Gasteiger partial charge in [-0.05, 0) is 56.0 Å². The first-order valence-electron chi connectivity index (χ1n) is 11.2. The highest BCUT2D eigenvalue weighted by molar-refractivity contribution is 7.89. The van der Waals surface area contributed by atoms with Crippen LogP contribution in [0.4, 0.5) is 0 Å². The number of benzene rings is 1. The van der Waals surface area contributed by atoms with Gasteiger partial charge in [-0.25, -0.2) is 18.2 Å². The van der Waals surface area contributed by atoms with Gasteiger partial charge in [0.2, 0.25) is 10.0 Å². The van der Waals surface area contributed by atoms with Gasteiger partial charge in [0.15, 0.2) is 0 Å². The van der Waals surface area contributed by atoms with Crippen molar-refractivity contribution in [2.45, 2.75) is 44.9 Å². The molecule has 8 nitrogen and oxygen atoms in total. The molecule has 178 valence electrons. The maximum Gasteiger partial charge on any atom is 0.339 e. The van der Waals surface area contributed by atoms with Crippen LogP contribution in [-0.4, -0.2) is 67.3 Å². The van der Waals surface area contributed by atoms with Crippen molar-refractivity contribution in [3.8, 4) is 0 Å². The van der Waals surface area contributed by atoms with Crippen LogP contribution in [0, 0.1) is 6.92 Å². The Labute approximate surface area is 195 Å². The van der Waals surface area contributed by atoms with Crippen LogP contribution in [0.1, 0.15) is 65.2 Å². The molecule has 3 rings (SSSR count). The minimum Gasteiger partial charge on any atom is -0.462 e. The number of aryl methyl sites for hydroxylation is 1. The van der Waals surface area contributed by atoms with E-state index in [-0.39, 0.29) is 49.3 Å². The third kappa shape index (κ3) is 5.42. The normalized spacial score (nSPS) is 15.8. The van der Waals surface area contributed by atoms with Gasteiger partial charge in [-0.15, -0.1) is 0 Å². The highest BCUT2D eigenvalue weighted by Crippen LogP contribution is 2.23. The summed E-state index contributed by atoms with van der Waals surface area (Å²) in [4.78, 5) is 31.0. The molecular formula is C24H31N3O5S. The van der Waals surface area contributed by atoms with E-state index < -0.39 is 16.0 Å². The van der Waals surface area contributed by atoms with E-state index in [1.54, 1.807) is 30.9 Å². The van der Waals surface area contributed by atoms with Gasteiger partial charge in [0.05, 0.1) is 22.8 Å². The summed E-state index contributed by atoms with van der Waals surface area (Å²) in [6.45, 7) is 8.80. The molecule has 0 spiro atoms. The molecule has 0 bridgehead atoms. The van der Waals surface area contributed by atoms with E-state index in [0.717, 1.165) is 12.0 Å². The first-order valence-corrected chi connectivity index (χ1v) is 12.7. The standard InChI is InChI=1S/C24H31N3O5S/c1-5-17(3)19-7-9-20(10-8-19)33(30,31)27-15-13-26(14-16-27)23(28)22-12-11-21(18(4)25-22)24(29)32-6-2/h7-12,17H,5-6,13-16H2,1-4H3. The zero-order chi connectivity index (χ0) is 24.2. The maximum atomic E-state index is 13.1. The summed E-state index contributed by atoms with van der Waals surface area (Å²) >= 11 is 0. The van der Waals surface area contributed by atoms with Crippen LogP contribution in [0.2, 0.25) is 0 Å². The highest BCUT2D eigenvalue weighted by Gasteiger charge is 2.31. The van der Waals surface area contributed by atoms with Crippen molar-refractivity contribution in [2.24, 2.45) is 0 Å². The van der Waals surface area contributed by atoms with Gasteiger partial charge < -0.3 is 9.64 Å². The molecule has 1 aliphatic rings. The van der Waals surface area contributed by atoms with E-state index in [2.05, 4.69) is 18.8 Å². The molecule has 0 saturated carbocycles. The predicted octanol–water partition coefficient (Wildman–Crippen LogP) is 3.23. The third-order valence-corrected chi connectivity index (χ3v) is 7.94. The van der Waals surface area contributed by atoms with E-state index in [9.17, 15) is 18.0 Å². The fourth-order valence-corrected chi connectivity index (χ4v) is 5.17. The number of piperazine rings is 1. The molecule has 2 aromatic rings. The summed E-state index contributed by atoms with van der Waals surface area (Å²) in [7, 11) is -3.62. The number of carbonyl (C=O) groups excluding carboxylic acids is 2. The van der Waals surface area contributed by atoms with Gasteiger partial charge in [-0.1, -0.05) is 26.0 Å². The van der Waals surface area contributed by atoms with Crippen molar-refractivity contribution in [1.29, 1.82) is 0 Å². The Morgan fingerprint density at radius 2 is 1.67 bits per heavy atom. The minimum atomic E-state index is -3.62. The molecule has 1 fully saturated rings. The van der Waals surface area contributed by atoms with Gasteiger partial charge in [-0.2, -0.15) is 4.31 Å². The Bertz CT molecular complexity index is 1110. The maximum absolute atomic E-state index is 13.1. The number of carbonyl (C=O) groups is 2. The lowest BCUT2D eigenvalue weighted by atomic mass is 9.99. The molecule has 1 aromatic carbocycles. The fraction of sp³-hybridized carbons (Fsp3) is 0.458. The lowest BCUT2D eigenvalue weighted by Crippen LogP contribution is -2.50. The zero-order valence-electron chi connectivity index (χ0n) is 19.6. The van der Waals surface area contributed by atoms with Crippen LogP contribution in [0.5, 0.6) is 0 Å². The van der Waals surface area contributed by atoms with Crippen molar-refractivity contribution < 1.29 is 22.7 Å². The van der Waals surface area contributed by atoms with Crippen molar-refractivity contribution in [3.63, 3.8) is 0 Å². The number of hydrogen-bond acceptors (Lipinski definition) is 6. The van der Waals surface area contributed by atoms with Crippen LogP contribution >= 0.6 is 0 Å². The number of aromatic nitrogens is 1. The summed E-state index contributed by atoms with van der Waals surface area (Å²) in [5.41, 5.74) is 2.08. The Morgan fingerprint density at radius 1 is 1.03 bits per heavy atom. The summed E-state index contributed by atoms with van der Waals surface area (Å²) < 4.78 is 32.5. The summed E-state index contributed by atoms with van der Waals surface area (Å²) in [5.74, 6) is -0.388. The van der Waals surface area contributed by atoms with Crippen molar-refractivity contribution in [3.05, 3.63) is 58.9 Å². The smallest absolute Gasteiger partial charge is 0.339 e. The monoisotopic (exact) mass is 473 g/mol. The molecular weight excluding hydrogens is 442 g/mol. The van der Waals surface area contributed by atoms with Crippen LogP contribution < -0.4 is 0 Å². The zero-order valence-corrected chi connectivity index (χ0v) is 20.4. The SMILES string of the molecule is CCOC(=O)c1ccc(C(=O)N2CCN(S(=O)(=O)c3ccc(C(C)CC)cc3)CC2)nc1C. The number of ether oxygens (including phenoxy) is 1. The quantitative estimate of drug-likeness (QED) is 0.573. The van der Waals surface area contributed by atoms with E-state index >= 15 is 0 Å². The number of hydrogen-bond donors (Lipinski definition) is 0. The van der Waals surface area contributed by atoms with E-state index in [1.807, 2.05) is 12.1 Å². The van der Waals surface area contributed by atoms with E-state index in [1.165, 1.54) is 16.4 Å². The second kappa shape index (κ2) is 10.4. The number of amides is 1. The van der Waals surface area contributed by atoms with Crippen molar-refractivity contribution in [1.82, 2.24) is 14.2 Å². The first-order chi connectivity index (χ1) is 15.7. The number of nitrogens with zero attached hydrogens (tertiary/aromatic N) is 3. The molecule has 9 heteroatoms. The molecule has 1 aromatic heterocycles. The number of pyridine rings is 1. The average Bonchev–Trinajstić information content (AvgIpc) is 2.83. The van der Waals surface area contributed by atoms with Gasteiger partial charge in [0.25, 0.3) is 5.91 Å². The second-order valence-electron chi connectivity index (χ2n) is 8.12. The molecule has 1 amide bonds. The fourth-order valence-electron chi connectivity index (χ4n) is 3.75. The average molecular weight is 474 g/mol. The van der Waals surface area contributed by atoms with Gasteiger partial charge >= 0.3 is 5.97 Å². The van der Waals surface area contributed by atoms with E-state index in [4.69, 9.17) is 4.74 Å². The molecule has 1 unspecified atom stereocenters. The highest BCUT2D eigenvalue weighted by atomic mass is 32.2. The van der Waals surface area contributed by atoms with Crippen LogP contribution in [0.15, 0.2) is 41.3 Å². The molecule has 1 atom stereocenters. The van der Waals surface area contributed by atoms with Gasteiger partial charge in [0, 0.05) is 26.2 Å². The topological polar surface area (TPSA) is 96.9 Å². The van der Waals surface area contributed by atoms with Crippen LogP contribution in [-0.2, 0) is 14.8 Å². The summed E-state index contributed by atoms with van der Waals surface area (Å²) in [6, 6.07) is 10.1. The van der Waals surface area contributed by atoms with E-state index in [0.29, 0.717) is 17.2 Å². The predicted molar refractivity (Wildman–Crippen MR) is 125 cm³/mol. The Hall–Kier alpha value is -2.78. The Kier molecular flexibility index (Phi) is 7.86. The Balaban J connectivity index is 1.66. The second-order valence-corrected chi connectivity index (χ2v) is 10.1. The summed E-state index contributed by atoms with van der Waals surface area (Å²) in [6.07, 6.45) is 0.988. The van der Waals surface area contributed by atoms with Crippen molar-refractivity contribution in [2.75, 3.05) is 32.8 Å². The first kappa shape index (κ1) is 24.9. The third-order valence-electron chi connectivity index (χ3n) is 6.03. The number of rotatable bonds is 7. The van der Waals surface area contributed by atoms with Gasteiger partial charge in [0.1, 0.15) is 5.69 Å². The molecule has 33 heavy (non-hydrogen) atoms. The molecule has 0 N–H and O–H groups in total. The molecule has 2 heterocycles. The number of sulfonamides is 1. The number of esters is 1. The van der Waals surface area contributed by atoms with Crippen LogP contribution in [0.25, 0.3) is 0 Å². The lowest BCUT2D eigenvalue weighted by Gasteiger charge is -2.34. The molecule has 0 aliphatic carbocycles. The molecule has 0 radical (unpaired) electrons. The van der Waals surface area contributed by atoms with Crippen LogP contribution in [0.3, 0.4) is 0 Å². The van der Waals surface area contributed by atoms with Gasteiger partial charge in [-0.3, -0.25) is 4.79 Å².